The normalized spacial score (nSPS) is 21.0. The van der Waals surface area contributed by atoms with E-state index in [1.54, 1.807) is 19.1 Å². The Hall–Kier alpha value is -4.15. The Morgan fingerprint density at radius 2 is 1.77 bits per heavy atom. The molecule has 1 fully saturated rings. The third-order valence-electron chi connectivity index (χ3n) is 5.64. The molecule has 4 atom stereocenters. The summed E-state index contributed by atoms with van der Waals surface area (Å²) in [5.41, 5.74) is -0.0675. The van der Waals surface area contributed by atoms with Crippen molar-refractivity contribution >= 4 is 44.9 Å². The molecule has 2 aromatic heterocycles. The Kier molecular flexibility index (Phi) is 7.80. The van der Waals surface area contributed by atoms with Gasteiger partial charge < -0.3 is 24.5 Å². The van der Waals surface area contributed by atoms with Crippen molar-refractivity contribution in [1.29, 1.82) is 0 Å². The molecular weight excluding hydrogens is 538 g/mol. The number of hydrogen-bond acceptors (Lipinski definition) is 12. The van der Waals surface area contributed by atoms with Crippen molar-refractivity contribution < 1.29 is 41.2 Å². The van der Waals surface area contributed by atoms with Gasteiger partial charge in [0.2, 0.25) is 5.91 Å². The highest BCUT2D eigenvalue weighted by Crippen LogP contribution is 2.37. The summed E-state index contributed by atoms with van der Waals surface area (Å²) in [5, 5.41) is 2.46. The number of aryl methyl sites for hydroxylation is 1. The summed E-state index contributed by atoms with van der Waals surface area (Å²) >= 11 is 0. The van der Waals surface area contributed by atoms with Gasteiger partial charge in [-0.1, -0.05) is 17.7 Å². The average Bonchev–Trinajstić information content (AvgIpc) is 3.34. The molecule has 0 bridgehead atoms. The number of fused-ring (bicyclic) bond motifs is 1. The van der Waals surface area contributed by atoms with Crippen molar-refractivity contribution in [2.45, 2.75) is 57.1 Å². The second-order valence-corrected chi connectivity index (χ2v) is 10.2. The van der Waals surface area contributed by atoms with E-state index in [1.165, 1.54) is 19.1 Å². The predicted molar refractivity (Wildman–Crippen MR) is 132 cm³/mol. The van der Waals surface area contributed by atoms with Crippen LogP contribution in [0.4, 0.5) is 5.82 Å². The number of esters is 2. The van der Waals surface area contributed by atoms with Crippen LogP contribution < -0.4 is 11.0 Å². The van der Waals surface area contributed by atoms with E-state index in [0.717, 1.165) is 30.3 Å². The summed E-state index contributed by atoms with van der Waals surface area (Å²) in [7, 11) is -4.49. The minimum Gasteiger partial charge on any atom is -0.463 e. The number of carbonyl (C=O) groups excluding carboxylic acids is 3. The smallest absolute Gasteiger partial charge is 0.330 e. The molecule has 39 heavy (non-hydrogen) atoms. The highest BCUT2D eigenvalue weighted by Gasteiger charge is 2.52. The first-order chi connectivity index (χ1) is 18.4. The van der Waals surface area contributed by atoms with Gasteiger partial charge in [0, 0.05) is 20.8 Å². The van der Waals surface area contributed by atoms with Crippen molar-refractivity contribution in [3.63, 3.8) is 0 Å². The molecule has 1 saturated heterocycles. The molecule has 0 saturated carbocycles. The zero-order valence-electron chi connectivity index (χ0n) is 21.2. The number of anilines is 1. The second-order valence-electron chi connectivity index (χ2n) is 8.67. The molecule has 3 aromatic rings. The van der Waals surface area contributed by atoms with Gasteiger partial charge in [0.1, 0.15) is 24.6 Å². The topological polar surface area (TPSA) is 198 Å². The first kappa shape index (κ1) is 27.9. The summed E-state index contributed by atoms with van der Waals surface area (Å²) in [4.78, 5) is 58.6. The van der Waals surface area contributed by atoms with E-state index in [9.17, 15) is 27.6 Å². The molecule has 4 rings (SSSR count). The van der Waals surface area contributed by atoms with Crippen LogP contribution in [0.25, 0.3) is 11.2 Å². The van der Waals surface area contributed by atoms with Gasteiger partial charge in [0.25, 0.3) is 10.1 Å². The van der Waals surface area contributed by atoms with Crippen molar-refractivity contribution in [2.75, 3.05) is 11.9 Å². The van der Waals surface area contributed by atoms with Gasteiger partial charge in [-0.05, 0) is 19.1 Å². The lowest BCUT2D eigenvalue weighted by Gasteiger charge is -2.23. The fraction of sp³-hybridized carbons (Fsp3) is 0.391. The van der Waals surface area contributed by atoms with Crippen molar-refractivity contribution in [1.82, 2.24) is 19.5 Å². The van der Waals surface area contributed by atoms with E-state index in [4.69, 9.17) is 18.4 Å². The Labute approximate surface area is 221 Å². The van der Waals surface area contributed by atoms with Gasteiger partial charge in [0.05, 0.1) is 4.90 Å². The molecule has 1 aliphatic heterocycles. The van der Waals surface area contributed by atoms with E-state index >= 15 is 0 Å². The van der Waals surface area contributed by atoms with E-state index in [2.05, 4.69) is 20.3 Å². The van der Waals surface area contributed by atoms with Crippen LogP contribution in [0.5, 0.6) is 0 Å². The maximum absolute atomic E-state index is 13.3. The van der Waals surface area contributed by atoms with Gasteiger partial charge in [-0.15, -0.1) is 0 Å². The van der Waals surface area contributed by atoms with Gasteiger partial charge in [-0.25, -0.2) is 19.3 Å². The molecule has 1 amide bonds. The fourth-order valence-electron chi connectivity index (χ4n) is 4.03. The number of aromatic nitrogens is 4. The minimum atomic E-state index is -4.49. The molecule has 0 aliphatic carbocycles. The third-order valence-corrected chi connectivity index (χ3v) is 6.97. The summed E-state index contributed by atoms with van der Waals surface area (Å²) < 4.78 is 49.4. The molecule has 0 unspecified atom stereocenters. The van der Waals surface area contributed by atoms with E-state index in [1.807, 2.05) is 0 Å². The summed E-state index contributed by atoms with van der Waals surface area (Å²) in [6, 6.07) is 5.79. The maximum Gasteiger partial charge on any atom is 0.330 e. The first-order valence-electron chi connectivity index (χ1n) is 11.6. The molecule has 208 valence electrons. The number of nitrogens with one attached hydrogen (secondary N) is 2. The zero-order valence-corrected chi connectivity index (χ0v) is 22.1. The highest BCUT2D eigenvalue weighted by atomic mass is 32.2. The third kappa shape index (κ3) is 5.97. The van der Waals surface area contributed by atoms with Crippen LogP contribution >= 0.6 is 0 Å². The first-order valence-corrected chi connectivity index (χ1v) is 13.0. The Morgan fingerprint density at radius 1 is 1.08 bits per heavy atom. The molecule has 0 spiro atoms. The van der Waals surface area contributed by atoms with Crippen LogP contribution in [0.1, 0.15) is 32.6 Å². The van der Waals surface area contributed by atoms with Crippen LogP contribution in [0.3, 0.4) is 0 Å². The summed E-state index contributed by atoms with van der Waals surface area (Å²) in [6.45, 7) is 4.80. The van der Waals surface area contributed by atoms with Crippen LogP contribution in [-0.2, 0) is 42.9 Å². The van der Waals surface area contributed by atoms with Crippen LogP contribution in [0.2, 0.25) is 0 Å². The van der Waals surface area contributed by atoms with E-state index in [0.29, 0.717) is 0 Å². The monoisotopic (exact) mass is 563 g/mol. The van der Waals surface area contributed by atoms with Crippen molar-refractivity contribution in [3.8, 4) is 0 Å². The van der Waals surface area contributed by atoms with Gasteiger partial charge in [0.15, 0.2) is 29.9 Å². The van der Waals surface area contributed by atoms with Gasteiger partial charge in [-0.3, -0.25) is 18.6 Å². The number of ether oxygens (including phenoxy) is 3. The quantitative estimate of drug-likeness (QED) is 0.285. The maximum atomic E-state index is 13.3. The van der Waals surface area contributed by atoms with Gasteiger partial charge in [-0.2, -0.15) is 8.42 Å². The molecule has 15 nitrogen and oxygen atoms in total. The predicted octanol–water partition coefficient (Wildman–Crippen LogP) is 0.553. The number of H-pyrrole nitrogens is 1. The number of hydrogen-bond donors (Lipinski definition) is 2. The standard InChI is InChI=1S/C23H25N5O10S/c1-11-5-7-15(8-6-11)39(33,34)38-19-18(36-14(4)31)16(9-35-13(3)30)37-22(19)28-21-17(27-23(28)32)20(24-10-25-21)26-12(2)29/h5-8,10,16,18-19,22H,9H2,1-4H3,(H,27,32)(H,24,25,26,29)/t16-,18-,19-,22-/m1/s1. The molecule has 2 N–H and O–H groups in total. The number of aromatic amines is 1. The van der Waals surface area contributed by atoms with E-state index in [-0.39, 0.29) is 21.9 Å². The average molecular weight is 564 g/mol. The molecule has 3 heterocycles. The summed E-state index contributed by atoms with van der Waals surface area (Å²) in [6.07, 6.45) is -4.76. The number of imidazole rings is 1. The lowest BCUT2D eigenvalue weighted by atomic mass is 10.1. The minimum absolute atomic E-state index is 0.0147. The highest BCUT2D eigenvalue weighted by molar-refractivity contribution is 7.86. The molecular formula is C23H25N5O10S. The van der Waals surface area contributed by atoms with Crippen LogP contribution in [0.15, 0.2) is 40.3 Å². The molecule has 16 heteroatoms. The largest absolute Gasteiger partial charge is 0.463 e. The van der Waals surface area contributed by atoms with Crippen LogP contribution in [-0.4, -0.2) is 70.7 Å². The number of amides is 1. The molecule has 1 aromatic carbocycles. The SMILES string of the molecule is CC(=O)Nc1ncnc2c1[nH]c(=O)n2[C@@H]1O[C@H](COC(C)=O)[C@@H](OC(C)=O)[C@H]1OS(=O)(=O)c1ccc(C)cc1. The molecule has 0 radical (unpaired) electrons. The van der Waals surface area contributed by atoms with Crippen LogP contribution in [0, 0.1) is 6.92 Å². The molecule has 1 aliphatic rings. The number of nitrogens with zero attached hydrogens (tertiary/aromatic N) is 3. The Balaban J connectivity index is 1.84. The number of benzene rings is 1. The lowest BCUT2D eigenvalue weighted by Crippen LogP contribution is -2.41. The zero-order chi connectivity index (χ0) is 28.5. The van der Waals surface area contributed by atoms with Crippen molar-refractivity contribution in [2.24, 2.45) is 0 Å². The van der Waals surface area contributed by atoms with E-state index < -0.39 is 64.8 Å². The Morgan fingerprint density at radius 3 is 2.38 bits per heavy atom. The fourth-order valence-corrected chi connectivity index (χ4v) is 5.11. The van der Waals surface area contributed by atoms with Gasteiger partial charge >= 0.3 is 17.6 Å². The Bertz CT molecular complexity index is 1580. The van der Waals surface area contributed by atoms with Crippen molar-refractivity contribution in [3.05, 3.63) is 46.6 Å². The second kappa shape index (κ2) is 10.9. The number of rotatable bonds is 8. The number of carbonyl (C=O) groups is 3. The lowest BCUT2D eigenvalue weighted by molar-refractivity contribution is -0.157. The summed E-state index contributed by atoms with van der Waals surface area (Å²) in [5.74, 6) is -1.97.